The van der Waals surface area contributed by atoms with Crippen LogP contribution in [0.25, 0.3) is 0 Å². The molecule has 0 bridgehead atoms. The molecule has 0 spiro atoms. The molecule has 0 N–H and O–H groups in total. The molecule has 0 aliphatic rings. The molecule has 1 unspecified atom stereocenters. The first kappa shape index (κ1) is 11.6. The second-order valence-electron chi connectivity index (χ2n) is 2.65. The lowest BCUT2D eigenvalue weighted by Crippen LogP contribution is -2.26. The molecular formula is C9H18O3. The zero-order valence-electron chi connectivity index (χ0n) is 8.13. The van der Waals surface area contributed by atoms with Crippen LogP contribution in [0.1, 0.15) is 26.7 Å². The van der Waals surface area contributed by atoms with Crippen molar-refractivity contribution in [1.29, 1.82) is 0 Å². The molecule has 0 aromatic carbocycles. The van der Waals surface area contributed by atoms with Gasteiger partial charge in [0.05, 0.1) is 0 Å². The number of hydrogen-bond acceptors (Lipinski definition) is 3. The zero-order chi connectivity index (χ0) is 9.40. The lowest BCUT2D eigenvalue weighted by atomic mass is 10.2. The number of methoxy groups -OCH3 is 1. The first-order valence-electron chi connectivity index (χ1n) is 4.39. The standard InChI is InChI=1S/C9H18O3/c1-4-6-12-7-8(10)9(5-2)11-3/h9H,4-7H2,1-3H3. The van der Waals surface area contributed by atoms with Gasteiger partial charge in [-0.25, -0.2) is 0 Å². The molecule has 1 atom stereocenters. The van der Waals surface area contributed by atoms with Crippen molar-refractivity contribution in [2.45, 2.75) is 32.8 Å². The summed E-state index contributed by atoms with van der Waals surface area (Å²) in [4.78, 5) is 11.2. The number of hydrogen-bond donors (Lipinski definition) is 0. The Hall–Kier alpha value is -0.410. The normalized spacial score (nSPS) is 12.9. The van der Waals surface area contributed by atoms with Crippen molar-refractivity contribution >= 4 is 5.78 Å². The van der Waals surface area contributed by atoms with E-state index in [1.165, 1.54) is 0 Å². The molecular weight excluding hydrogens is 156 g/mol. The van der Waals surface area contributed by atoms with Crippen molar-refractivity contribution in [3.05, 3.63) is 0 Å². The first-order valence-corrected chi connectivity index (χ1v) is 4.39. The van der Waals surface area contributed by atoms with E-state index in [1.807, 2.05) is 13.8 Å². The van der Waals surface area contributed by atoms with Gasteiger partial charge >= 0.3 is 0 Å². The molecule has 0 saturated carbocycles. The maximum absolute atomic E-state index is 11.2. The Balaban J connectivity index is 3.54. The van der Waals surface area contributed by atoms with Crippen molar-refractivity contribution in [3.63, 3.8) is 0 Å². The Bertz CT molecular complexity index is 119. The molecule has 12 heavy (non-hydrogen) atoms. The Morgan fingerprint density at radius 2 is 2.08 bits per heavy atom. The van der Waals surface area contributed by atoms with E-state index in [0.29, 0.717) is 13.0 Å². The highest BCUT2D eigenvalue weighted by molar-refractivity contribution is 5.84. The largest absolute Gasteiger partial charge is 0.374 e. The number of rotatable bonds is 7. The van der Waals surface area contributed by atoms with Crippen LogP contribution >= 0.6 is 0 Å². The number of carbonyl (C=O) groups excluding carboxylic acids is 1. The van der Waals surface area contributed by atoms with E-state index in [-0.39, 0.29) is 18.5 Å². The highest BCUT2D eigenvalue weighted by Crippen LogP contribution is 1.98. The molecule has 0 aromatic rings. The van der Waals surface area contributed by atoms with E-state index in [2.05, 4.69) is 0 Å². The summed E-state index contributed by atoms with van der Waals surface area (Å²) in [6, 6.07) is 0. The minimum Gasteiger partial charge on any atom is -0.374 e. The second kappa shape index (κ2) is 7.25. The molecule has 0 fully saturated rings. The van der Waals surface area contributed by atoms with Crippen LogP contribution in [0.5, 0.6) is 0 Å². The van der Waals surface area contributed by atoms with Crippen LogP contribution in [-0.4, -0.2) is 32.2 Å². The quantitative estimate of drug-likeness (QED) is 0.547. The van der Waals surface area contributed by atoms with Gasteiger partial charge in [-0.15, -0.1) is 0 Å². The second-order valence-corrected chi connectivity index (χ2v) is 2.65. The summed E-state index contributed by atoms with van der Waals surface area (Å²) in [6.07, 6.45) is 1.36. The Kier molecular flexibility index (Phi) is 7.00. The third-order valence-corrected chi connectivity index (χ3v) is 1.61. The number of Topliss-reactive ketones (excluding diaryl/α,β-unsaturated/α-hetero) is 1. The van der Waals surface area contributed by atoms with E-state index >= 15 is 0 Å². The Labute approximate surface area is 74.0 Å². The zero-order valence-corrected chi connectivity index (χ0v) is 8.13. The summed E-state index contributed by atoms with van der Waals surface area (Å²) in [6.45, 7) is 4.76. The van der Waals surface area contributed by atoms with Gasteiger partial charge in [-0.3, -0.25) is 4.79 Å². The van der Waals surface area contributed by atoms with Crippen molar-refractivity contribution in [3.8, 4) is 0 Å². The average Bonchev–Trinajstić information content (AvgIpc) is 2.07. The molecule has 72 valence electrons. The predicted octanol–water partition coefficient (Wildman–Crippen LogP) is 1.41. The Morgan fingerprint density at radius 1 is 1.42 bits per heavy atom. The third-order valence-electron chi connectivity index (χ3n) is 1.61. The summed E-state index contributed by atoms with van der Waals surface area (Å²) in [5.41, 5.74) is 0. The predicted molar refractivity (Wildman–Crippen MR) is 47.2 cm³/mol. The molecule has 0 saturated heterocycles. The molecule has 0 aliphatic heterocycles. The van der Waals surface area contributed by atoms with Crippen LogP contribution in [0, 0.1) is 0 Å². The van der Waals surface area contributed by atoms with Crippen molar-refractivity contribution in [2.75, 3.05) is 20.3 Å². The third kappa shape index (κ3) is 4.46. The monoisotopic (exact) mass is 174 g/mol. The minimum atomic E-state index is -0.290. The highest BCUT2D eigenvalue weighted by atomic mass is 16.5. The van der Waals surface area contributed by atoms with Crippen LogP contribution in [0.3, 0.4) is 0 Å². The van der Waals surface area contributed by atoms with Gasteiger partial charge in [0.25, 0.3) is 0 Å². The van der Waals surface area contributed by atoms with Crippen LogP contribution < -0.4 is 0 Å². The van der Waals surface area contributed by atoms with E-state index in [9.17, 15) is 4.79 Å². The van der Waals surface area contributed by atoms with Gasteiger partial charge in [0.15, 0.2) is 5.78 Å². The number of carbonyl (C=O) groups is 1. The van der Waals surface area contributed by atoms with Gasteiger partial charge in [0.2, 0.25) is 0 Å². The van der Waals surface area contributed by atoms with Crippen molar-refractivity contribution in [2.24, 2.45) is 0 Å². The van der Waals surface area contributed by atoms with Gasteiger partial charge in [0, 0.05) is 13.7 Å². The molecule has 3 nitrogen and oxygen atoms in total. The summed E-state index contributed by atoms with van der Waals surface area (Å²) in [5, 5.41) is 0. The summed E-state index contributed by atoms with van der Waals surface area (Å²) in [5.74, 6) is 0.0356. The fourth-order valence-electron chi connectivity index (χ4n) is 0.936. The maximum atomic E-state index is 11.2. The molecule has 0 heterocycles. The maximum Gasteiger partial charge on any atom is 0.187 e. The lowest BCUT2D eigenvalue weighted by Gasteiger charge is -2.11. The van der Waals surface area contributed by atoms with Crippen LogP contribution in [-0.2, 0) is 14.3 Å². The van der Waals surface area contributed by atoms with Crippen LogP contribution in [0.2, 0.25) is 0 Å². The van der Waals surface area contributed by atoms with E-state index in [4.69, 9.17) is 9.47 Å². The smallest absolute Gasteiger partial charge is 0.187 e. The SMILES string of the molecule is CCCOCC(=O)C(CC)OC. The van der Waals surface area contributed by atoms with Gasteiger partial charge in [-0.05, 0) is 12.8 Å². The molecule has 3 heteroatoms. The van der Waals surface area contributed by atoms with E-state index < -0.39 is 0 Å². The van der Waals surface area contributed by atoms with Crippen LogP contribution in [0.15, 0.2) is 0 Å². The fourth-order valence-corrected chi connectivity index (χ4v) is 0.936. The molecule has 0 amide bonds. The van der Waals surface area contributed by atoms with Gasteiger partial charge in [-0.1, -0.05) is 13.8 Å². The molecule has 0 aliphatic carbocycles. The molecule has 0 radical (unpaired) electrons. The Morgan fingerprint density at radius 3 is 2.50 bits per heavy atom. The van der Waals surface area contributed by atoms with Gasteiger partial charge in [-0.2, -0.15) is 0 Å². The topological polar surface area (TPSA) is 35.5 Å². The molecule has 0 rings (SSSR count). The van der Waals surface area contributed by atoms with Gasteiger partial charge in [0.1, 0.15) is 12.7 Å². The van der Waals surface area contributed by atoms with Gasteiger partial charge < -0.3 is 9.47 Å². The van der Waals surface area contributed by atoms with Crippen molar-refractivity contribution in [1.82, 2.24) is 0 Å². The average molecular weight is 174 g/mol. The number of ketones is 1. The summed E-state index contributed by atoms with van der Waals surface area (Å²) >= 11 is 0. The summed E-state index contributed by atoms with van der Waals surface area (Å²) in [7, 11) is 1.55. The highest BCUT2D eigenvalue weighted by Gasteiger charge is 2.14. The van der Waals surface area contributed by atoms with Crippen molar-refractivity contribution < 1.29 is 14.3 Å². The number of ether oxygens (including phenoxy) is 2. The van der Waals surface area contributed by atoms with E-state index in [0.717, 1.165) is 6.42 Å². The van der Waals surface area contributed by atoms with Crippen LogP contribution in [0.4, 0.5) is 0 Å². The summed E-state index contributed by atoms with van der Waals surface area (Å²) < 4.78 is 10.1. The fraction of sp³-hybridized carbons (Fsp3) is 0.889. The van der Waals surface area contributed by atoms with E-state index in [1.54, 1.807) is 7.11 Å². The molecule has 0 aromatic heterocycles. The minimum absolute atomic E-state index is 0.0356. The first-order chi connectivity index (χ1) is 5.76. The lowest BCUT2D eigenvalue weighted by molar-refractivity contribution is -0.133.